The molecule has 0 spiro atoms. The number of carbonyl (C=O) groups is 1. The third-order valence-corrected chi connectivity index (χ3v) is 2.22. The molecule has 0 aromatic heterocycles. The van der Waals surface area contributed by atoms with Crippen LogP contribution < -0.4 is 10.6 Å². The highest BCUT2D eigenvalue weighted by Crippen LogP contribution is 2.18. The van der Waals surface area contributed by atoms with Gasteiger partial charge in [-0.3, -0.25) is 0 Å². The van der Waals surface area contributed by atoms with Crippen LogP contribution in [0, 0.1) is 6.92 Å². The first-order chi connectivity index (χ1) is 6.74. The van der Waals surface area contributed by atoms with Crippen molar-refractivity contribution in [2.24, 2.45) is 0 Å². The number of nitrogens with one attached hydrogen (secondary N) is 2. The molecule has 3 heteroatoms. The first-order valence-electron chi connectivity index (χ1n) is 4.88. The number of carbonyl (C=O) groups excluding carboxylic acids is 1. The molecule has 3 nitrogen and oxygen atoms in total. The van der Waals surface area contributed by atoms with Crippen molar-refractivity contribution < 1.29 is 4.79 Å². The van der Waals surface area contributed by atoms with Crippen molar-refractivity contribution in [1.82, 2.24) is 5.32 Å². The van der Waals surface area contributed by atoms with E-state index in [4.69, 9.17) is 0 Å². The summed E-state index contributed by atoms with van der Waals surface area (Å²) in [5.74, 6) is 0. The normalized spacial score (nSPS) is 14.9. The van der Waals surface area contributed by atoms with Gasteiger partial charge in [0.15, 0.2) is 0 Å². The van der Waals surface area contributed by atoms with Crippen LogP contribution in [0.1, 0.15) is 18.4 Å². The van der Waals surface area contributed by atoms with E-state index in [0.29, 0.717) is 6.04 Å². The first kappa shape index (κ1) is 9.06. The van der Waals surface area contributed by atoms with Gasteiger partial charge in [0.2, 0.25) is 0 Å². The van der Waals surface area contributed by atoms with Crippen molar-refractivity contribution >= 4 is 11.7 Å². The maximum atomic E-state index is 11.3. The quantitative estimate of drug-likeness (QED) is 0.738. The molecule has 1 aliphatic rings. The Balaban J connectivity index is 1.89. The van der Waals surface area contributed by atoms with Crippen LogP contribution in [0.15, 0.2) is 24.3 Å². The smallest absolute Gasteiger partial charge is 0.319 e. The van der Waals surface area contributed by atoms with Gasteiger partial charge >= 0.3 is 6.03 Å². The van der Waals surface area contributed by atoms with E-state index in [1.54, 1.807) is 0 Å². The monoisotopic (exact) mass is 190 g/mol. The summed E-state index contributed by atoms with van der Waals surface area (Å²) in [4.78, 5) is 11.3. The summed E-state index contributed by atoms with van der Waals surface area (Å²) >= 11 is 0. The van der Waals surface area contributed by atoms with E-state index in [1.165, 1.54) is 5.56 Å². The van der Waals surface area contributed by atoms with Gasteiger partial charge in [-0.25, -0.2) is 4.79 Å². The average Bonchev–Trinajstić information content (AvgIpc) is 2.93. The van der Waals surface area contributed by atoms with E-state index >= 15 is 0 Å². The molecule has 1 fully saturated rings. The van der Waals surface area contributed by atoms with Crippen LogP contribution in [0.2, 0.25) is 0 Å². The molecule has 0 aliphatic heterocycles. The van der Waals surface area contributed by atoms with Gasteiger partial charge in [0.1, 0.15) is 0 Å². The Morgan fingerprint density at radius 3 is 2.50 bits per heavy atom. The number of benzene rings is 1. The van der Waals surface area contributed by atoms with E-state index in [2.05, 4.69) is 10.6 Å². The van der Waals surface area contributed by atoms with Gasteiger partial charge in [-0.2, -0.15) is 0 Å². The molecule has 1 saturated carbocycles. The number of anilines is 1. The number of aryl methyl sites for hydroxylation is 1. The van der Waals surface area contributed by atoms with Crippen LogP contribution >= 0.6 is 0 Å². The van der Waals surface area contributed by atoms with E-state index in [-0.39, 0.29) is 6.03 Å². The summed E-state index contributed by atoms with van der Waals surface area (Å²) in [7, 11) is 0. The lowest BCUT2D eigenvalue weighted by Crippen LogP contribution is -2.30. The van der Waals surface area contributed by atoms with Crippen molar-refractivity contribution in [3.63, 3.8) is 0 Å². The number of hydrogen-bond acceptors (Lipinski definition) is 1. The van der Waals surface area contributed by atoms with Gasteiger partial charge < -0.3 is 10.6 Å². The van der Waals surface area contributed by atoms with Crippen LogP contribution in [0.4, 0.5) is 10.5 Å². The molecular formula is C11H14N2O. The predicted molar refractivity (Wildman–Crippen MR) is 56.4 cm³/mol. The lowest BCUT2D eigenvalue weighted by molar-refractivity contribution is 0.251. The summed E-state index contributed by atoms with van der Waals surface area (Å²) in [5, 5.41) is 5.66. The molecule has 2 N–H and O–H groups in total. The molecule has 1 aromatic carbocycles. The number of urea groups is 1. The number of hydrogen-bond donors (Lipinski definition) is 2. The molecule has 14 heavy (non-hydrogen) atoms. The van der Waals surface area contributed by atoms with Crippen LogP contribution in [0.5, 0.6) is 0 Å². The topological polar surface area (TPSA) is 41.1 Å². The molecular weight excluding hydrogens is 176 g/mol. The zero-order valence-corrected chi connectivity index (χ0v) is 8.21. The maximum Gasteiger partial charge on any atom is 0.319 e. The van der Waals surface area contributed by atoms with E-state index in [0.717, 1.165) is 18.5 Å². The molecule has 2 rings (SSSR count). The fourth-order valence-electron chi connectivity index (χ4n) is 1.22. The van der Waals surface area contributed by atoms with Crippen molar-refractivity contribution in [3.05, 3.63) is 29.8 Å². The first-order valence-corrected chi connectivity index (χ1v) is 4.88. The minimum absolute atomic E-state index is 0.101. The zero-order chi connectivity index (χ0) is 9.97. The Morgan fingerprint density at radius 1 is 1.29 bits per heavy atom. The molecule has 0 unspecified atom stereocenters. The van der Waals surface area contributed by atoms with Crippen molar-refractivity contribution in [3.8, 4) is 0 Å². The van der Waals surface area contributed by atoms with Gasteiger partial charge in [0.25, 0.3) is 0 Å². The van der Waals surface area contributed by atoms with E-state index in [9.17, 15) is 4.79 Å². The highest BCUT2D eigenvalue weighted by molar-refractivity contribution is 5.89. The highest BCUT2D eigenvalue weighted by atomic mass is 16.2. The number of amides is 2. The average molecular weight is 190 g/mol. The molecule has 2 amide bonds. The molecule has 74 valence electrons. The second-order valence-corrected chi connectivity index (χ2v) is 3.74. The predicted octanol–water partition coefficient (Wildman–Crippen LogP) is 2.28. The maximum absolute atomic E-state index is 11.3. The summed E-state index contributed by atoms with van der Waals surface area (Å²) in [6.07, 6.45) is 2.22. The lowest BCUT2D eigenvalue weighted by atomic mass is 10.2. The standard InChI is InChI=1S/C11H14N2O/c1-8-2-4-9(5-3-8)12-11(14)13-10-6-7-10/h2-5,10H,6-7H2,1H3,(H2,12,13,14). The van der Waals surface area contributed by atoms with Crippen LogP contribution in [-0.4, -0.2) is 12.1 Å². The Bertz CT molecular complexity index is 328. The third-order valence-electron chi connectivity index (χ3n) is 2.22. The largest absolute Gasteiger partial charge is 0.335 e. The van der Waals surface area contributed by atoms with Crippen LogP contribution in [0.25, 0.3) is 0 Å². The second-order valence-electron chi connectivity index (χ2n) is 3.74. The summed E-state index contributed by atoms with van der Waals surface area (Å²) in [6.45, 7) is 2.02. The fraction of sp³-hybridized carbons (Fsp3) is 0.364. The van der Waals surface area contributed by atoms with Crippen molar-refractivity contribution in [2.45, 2.75) is 25.8 Å². The molecule has 1 aromatic rings. The Kier molecular flexibility index (Phi) is 2.39. The van der Waals surface area contributed by atoms with E-state index in [1.807, 2.05) is 31.2 Å². The van der Waals surface area contributed by atoms with Crippen molar-refractivity contribution in [1.29, 1.82) is 0 Å². The number of rotatable bonds is 2. The zero-order valence-electron chi connectivity index (χ0n) is 8.21. The minimum Gasteiger partial charge on any atom is -0.335 e. The summed E-state index contributed by atoms with van der Waals surface area (Å²) in [5.41, 5.74) is 2.03. The van der Waals surface area contributed by atoms with Crippen molar-refractivity contribution in [2.75, 3.05) is 5.32 Å². The molecule has 0 saturated heterocycles. The van der Waals surface area contributed by atoms with Gasteiger partial charge in [0, 0.05) is 11.7 Å². The van der Waals surface area contributed by atoms with Gasteiger partial charge in [-0.15, -0.1) is 0 Å². The van der Waals surface area contributed by atoms with E-state index < -0.39 is 0 Å². The summed E-state index contributed by atoms with van der Waals surface area (Å²) in [6, 6.07) is 8.07. The van der Waals surface area contributed by atoms with Gasteiger partial charge in [-0.05, 0) is 31.9 Å². The Hall–Kier alpha value is -1.51. The molecule has 0 atom stereocenters. The van der Waals surface area contributed by atoms with Crippen LogP contribution in [-0.2, 0) is 0 Å². The fourth-order valence-corrected chi connectivity index (χ4v) is 1.22. The molecule has 0 bridgehead atoms. The minimum atomic E-state index is -0.101. The second kappa shape index (κ2) is 3.70. The van der Waals surface area contributed by atoms with Gasteiger partial charge in [-0.1, -0.05) is 17.7 Å². The molecule has 0 heterocycles. The highest BCUT2D eigenvalue weighted by Gasteiger charge is 2.22. The lowest BCUT2D eigenvalue weighted by Gasteiger charge is -2.06. The molecule has 1 aliphatic carbocycles. The van der Waals surface area contributed by atoms with Gasteiger partial charge in [0.05, 0.1) is 0 Å². The van der Waals surface area contributed by atoms with Crippen LogP contribution in [0.3, 0.4) is 0 Å². The summed E-state index contributed by atoms with van der Waals surface area (Å²) < 4.78 is 0. The third kappa shape index (κ3) is 2.49. The Labute approximate surface area is 83.5 Å². The SMILES string of the molecule is Cc1ccc(NC(=O)NC2CC2)cc1. The Morgan fingerprint density at radius 2 is 1.93 bits per heavy atom. The molecule has 0 radical (unpaired) electrons.